The number of nitrogens with zero attached hydrogens (tertiary/aromatic N) is 1. The van der Waals surface area contributed by atoms with Gasteiger partial charge >= 0.3 is 0 Å². The van der Waals surface area contributed by atoms with Gasteiger partial charge in [-0.05, 0) is 49.3 Å². The number of para-hydroxylation sites is 1. The van der Waals surface area contributed by atoms with Crippen LogP contribution in [0.1, 0.15) is 37.7 Å². The van der Waals surface area contributed by atoms with Crippen LogP contribution < -0.4 is 10.2 Å². The molecule has 0 saturated heterocycles. The summed E-state index contributed by atoms with van der Waals surface area (Å²) >= 11 is 0. The summed E-state index contributed by atoms with van der Waals surface area (Å²) in [6, 6.07) is 8.31. The molecule has 1 amide bonds. The molecule has 1 unspecified atom stereocenters. The fourth-order valence-electron chi connectivity index (χ4n) is 2.81. The Kier molecular flexibility index (Phi) is 3.56. The Bertz CT molecular complexity index is 468. The number of nitrogens with one attached hydrogen (secondary N) is 1. The lowest BCUT2D eigenvalue weighted by Crippen LogP contribution is -2.42. The van der Waals surface area contributed by atoms with Crippen LogP contribution in [0.4, 0.5) is 5.69 Å². The fraction of sp³-hybridized carbons (Fsp3) is 0.562. The molecule has 3 heteroatoms. The van der Waals surface area contributed by atoms with Gasteiger partial charge in [0, 0.05) is 12.2 Å². The number of benzene rings is 1. The van der Waals surface area contributed by atoms with E-state index in [1.807, 2.05) is 11.0 Å². The molecule has 2 aliphatic rings. The second-order valence-electron chi connectivity index (χ2n) is 5.87. The first-order valence-corrected chi connectivity index (χ1v) is 7.35. The van der Waals surface area contributed by atoms with Crippen molar-refractivity contribution in [1.29, 1.82) is 0 Å². The molecule has 0 spiro atoms. The molecule has 1 aliphatic heterocycles. The summed E-state index contributed by atoms with van der Waals surface area (Å²) in [7, 11) is 0. The molecule has 1 aromatic carbocycles. The molecule has 19 heavy (non-hydrogen) atoms. The van der Waals surface area contributed by atoms with Crippen LogP contribution in [0.2, 0.25) is 0 Å². The zero-order valence-electron chi connectivity index (χ0n) is 11.6. The predicted octanol–water partition coefficient (Wildman–Crippen LogP) is 2.53. The smallest absolute Gasteiger partial charge is 0.240 e. The second kappa shape index (κ2) is 5.33. The topological polar surface area (TPSA) is 32.3 Å². The summed E-state index contributed by atoms with van der Waals surface area (Å²) < 4.78 is 0. The van der Waals surface area contributed by atoms with E-state index < -0.39 is 0 Å². The maximum absolute atomic E-state index is 12.3. The summed E-state index contributed by atoms with van der Waals surface area (Å²) in [4.78, 5) is 14.3. The predicted molar refractivity (Wildman–Crippen MR) is 77.4 cm³/mol. The lowest BCUT2D eigenvalue weighted by molar-refractivity contribution is -0.117. The Hall–Kier alpha value is -1.35. The molecule has 0 aromatic heterocycles. The average molecular weight is 258 g/mol. The van der Waals surface area contributed by atoms with E-state index in [9.17, 15) is 4.79 Å². The molecule has 0 radical (unpaired) electrons. The molecule has 1 aromatic rings. The Morgan fingerprint density at radius 1 is 1.32 bits per heavy atom. The van der Waals surface area contributed by atoms with Gasteiger partial charge in [-0.25, -0.2) is 0 Å². The van der Waals surface area contributed by atoms with E-state index >= 15 is 0 Å². The number of rotatable bonds is 4. The zero-order valence-corrected chi connectivity index (χ0v) is 11.6. The number of hydrogen-bond acceptors (Lipinski definition) is 2. The van der Waals surface area contributed by atoms with Crippen molar-refractivity contribution in [2.75, 3.05) is 24.5 Å². The van der Waals surface area contributed by atoms with Crippen LogP contribution in [0, 0.1) is 5.92 Å². The number of fused-ring (bicyclic) bond motifs is 1. The van der Waals surface area contributed by atoms with Crippen molar-refractivity contribution in [3.63, 3.8) is 0 Å². The monoisotopic (exact) mass is 258 g/mol. The van der Waals surface area contributed by atoms with E-state index in [0.29, 0.717) is 12.5 Å². The summed E-state index contributed by atoms with van der Waals surface area (Å²) in [5, 5.41) is 3.30. The zero-order chi connectivity index (χ0) is 13.2. The number of amides is 1. The lowest BCUT2D eigenvalue weighted by Gasteiger charge is -2.33. The summed E-state index contributed by atoms with van der Waals surface area (Å²) in [6.45, 7) is 4.56. The van der Waals surface area contributed by atoms with Crippen LogP contribution in [0.25, 0.3) is 0 Å². The van der Waals surface area contributed by atoms with E-state index in [4.69, 9.17) is 0 Å². The first-order chi connectivity index (χ1) is 9.25. The quantitative estimate of drug-likeness (QED) is 0.900. The van der Waals surface area contributed by atoms with Gasteiger partial charge in [-0.15, -0.1) is 0 Å². The Balaban J connectivity index is 1.66. The maximum Gasteiger partial charge on any atom is 0.240 e. The summed E-state index contributed by atoms with van der Waals surface area (Å²) in [5.41, 5.74) is 2.42. The number of carbonyl (C=O) groups is 1. The molecule has 1 aliphatic carbocycles. The third-order valence-corrected chi connectivity index (χ3v) is 4.25. The second-order valence-corrected chi connectivity index (χ2v) is 5.87. The molecule has 0 bridgehead atoms. The average Bonchev–Trinajstić information content (AvgIpc) is 3.23. The van der Waals surface area contributed by atoms with Gasteiger partial charge in [-0.1, -0.05) is 25.1 Å². The van der Waals surface area contributed by atoms with Crippen molar-refractivity contribution in [3.8, 4) is 0 Å². The van der Waals surface area contributed by atoms with Gasteiger partial charge in [0.25, 0.3) is 0 Å². The lowest BCUT2D eigenvalue weighted by atomic mass is 9.91. The van der Waals surface area contributed by atoms with E-state index in [-0.39, 0.29) is 5.91 Å². The Labute approximate surface area is 115 Å². The molecule has 102 valence electrons. The first kappa shape index (κ1) is 12.7. The van der Waals surface area contributed by atoms with Crippen molar-refractivity contribution in [1.82, 2.24) is 5.32 Å². The van der Waals surface area contributed by atoms with Crippen molar-refractivity contribution in [2.24, 2.45) is 5.92 Å². The highest BCUT2D eigenvalue weighted by Gasteiger charge is 2.26. The Morgan fingerprint density at radius 2 is 2.11 bits per heavy atom. The highest BCUT2D eigenvalue weighted by atomic mass is 16.2. The van der Waals surface area contributed by atoms with E-state index in [1.54, 1.807) is 0 Å². The number of hydrogen-bond donors (Lipinski definition) is 1. The van der Waals surface area contributed by atoms with Crippen LogP contribution in [0.3, 0.4) is 0 Å². The third kappa shape index (κ3) is 2.81. The van der Waals surface area contributed by atoms with Crippen LogP contribution in [-0.4, -0.2) is 25.5 Å². The molecular formula is C16H22N2O. The van der Waals surface area contributed by atoms with Crippen molar-refractivity contribution < 1.29 is 4.79 Å². The third-order valence-electron chi connectivity index (χ3n) is 4.25. The van der Waals surface area contributed by atoms with E-state index in [0.717, 1.165) is 31.1 Å². The normalized spacial score (nSPS) is 22.2. The van der Waals surface area contributed by atoms with Gasteiger partial charge in [0.05, 0.1) is 6.54 Å². The van der Waals surface area contributed by atoms with Gasteiger partial charge in [0.2, 0.25) is 5.91 Å². The molecule has 3 nitrogen and oxygen atoms in total. The molecule has 1 N–H and O–H groups in total. The summed E-state index contributed by atoms with van der Waals surface area (Å²) in [5.74, 6) is 1.58. The molecule has 1 atom stereocenters. The van der Waals surface area contributed by atoms with Crippen LogP contribution in [0.5, 0.6) is 0 Å². The highest BCUT2D eigenvalue weighted by Crippen LogP contribution is 2.34. The van der Waals surface area contributed by atoms with Gasteiger partial charge in [-0.3, -0.25) is 4.79 Å². The minimum absolute atomic E-state index is 0.208. The molecule has 1 fully saturated rings. The van der Waals surface area contributed by atoms with Crippen molar-refractivity contribution >= 4 is 11.6 Å². The Morgan fingerprint density at radius 3 is 2.89 bits per heavy atom. The van der Waals surface area contributed by atoms with Gasteiger partial charge in [0.15, 0.2) is 0 Å². The maximum atomic E-state index is 12.3. The van der Waals surface area contributed by atoms with Crippen LogP contribution in [-0.2, 0) is 4.79 Å². The van der Waals surface area contributed by atoms with E-state index in [2.05, 4.69) is 30.4 Å². The van der Waals surface area contributed by atoms with Gasteiger partial charge in [-0.2, -0.15) is 0 Å². The van der Waals surface area contributed by atoms with Crippen molar-refractivity contribution in [2.45, 2.75) is 32.1 Å². The minimum Gasteiger partial charge on any atom is -0.311 e. The van der Waals surface area contributed by atoms with Crippen LogP contribution in [0.15, 0.2) is 24.3 Å². The fourth-order valence-corrected chi connectivity index (χ4v) is 2.81. The molecular weight excluding hydrogens is 236 g/mol. The number of anilines is 1. The van der Waals surface area contributed by atoms with Gasteiger partial charge < -0.3 is 10.2 Å². The number of carbonyl (C=O) groups excluding carboxylic acids is 1. The van der Waals surface area contributed by atoms with Crippen LogP contribution >= 0.6 is 0 Å². The molecule has 1 saturated carbocycles. The van der Waals surface area contributed by atoms with Crippen molar-refractivity contribution in [3.05, 3.63) is 29.8 Å². The minimum atomic E-state index is 0.208. The first-order valence-electron chi connectivity index (χ1n) is 7.35. The van der Waals surface area contributed by atoms with Gasteiger partial charge in [0.1, 0.15) is 0 Å². The standard InChI is InChI=1S/C16H22N2O/c1-12-8-9-18(15-5-3-2-4-14(12)15)16(19)11-17-10-13-6-7-13/h2-5,12-13,17H,6-11H2,1H3. The largest absolute Gasteiger partial charge is 0.311 e. The molecule has 1 heterocycles. The molecule has 3 rings (SSSR count). The SMILES string of the molecule is CC1CCN(C(=O)CNCC2CC2)c2ccccc21. The summed E-state index contributed by atoms with van der Waals surface area (Å²) in [6.07, 6.45) is 3.71. The highest BCUT2D eigenvalue weighted by molar-refractivity contribution is 5.96. The van der Waals surface area contributed by atoms with E-state index in [1.165, 1.54) is 18.4 Å².